The molecule has 0 spiro atoms. The largest absolute Gasteiger partial charge is 0.492 e. The van der Waals surface area contributed by atoms with Crippen LogP contribution >= 0.6 is 0 Å². The predicted molar refractivity (Wildman–Crippen MR) is 96.2 cm³/mol. The van der Waals surface area contributed by atoms with Gasteiger partial charge in [-0.25, -0.2) is 0 Å². The highest BCUT2D eigenvalue weighted by molar-refractivity contribution is 5.79. The minimum Gasteiger partial charge on any atom is -0.492 e. The lowest BCUT2D eigenvalue weighted by molar-refractivity contribution is 0.261. The molecule has 2 N–H and O–H groups in total. The Bertz CT molecular complexity index is 694. The van der Waals surface area contributed by atoms with Gasteiger partial charge in [-0.15, -0.1) is 0 Å². The molecule has 0 saturated carbocycles. The minimum atomic E-state index is 0.391. The molecule has 23 heavy (non-hydrogen) atoms. The van der Waals surface area contributed by atoms with Gasteiger partial charge in [-0.1, -0.05) is 29.8 Å². The lowest BCUT2D eigenvalue weighted by atomic mass is 9.93. The van der Waals surface area contributed by atoms with Crippen LogP contribution in [0.3, 0.4) is 0 Å². The maximum Gasteiger partial charge on any atom is 0.119 e. The standard InChI is InChI=1S/C20H26N2O/c1-14-4-6-16-17-7-5-15(23-11-10-22(2)3)13-20(17)18(8-9-21)19(16)12-14/h4-7,12-13,18H,8-11,21H2,1-3H3. The lowest BCUT2D eigenvalue weighted by Gasteiger charge is -2.15. The molecule has 1 atom stereocenters. The third-order valence-electron chi connectivity index (χ3n) is 4.53. The van der Waals surface area contributed by atoms with Crippen molar-refractivity contribution in [1.82, 2.24) is 4.90 Å². The summed E-state index contributed by atoms with van der Waals surface area (Å²) in [4.78, 5) is 2.13. The summed E-state index contributed by atoms with van der Waals surface area (Å²) in [7, 11) is 4.12. The molecular weight excluding hydrogens is 284 g/mol. The number of fused-ring (bicyclic) bond motifs is 3. The molecular formula is C20H26N2O. The smallest absolute Gasteiger partial charge is 0.119 e. The van der Waals surface area contributed by atoms with E-state index in [2.05, 4.69) is 62.3 Å². The van der Waals surface area contributed by atoms with Crippen molar-refractivity contribution in [2.75, 3.05) is 33.8 Å². The van der Waals surface area contributed by atoms with Crippen molar-refractivity contribution in [3.8, 4) is 16.9 Å². The Hall–Kier alpha value is -1.84. The van der Waals surface area contributed by atoms with Crippen LogP contribution in [0.5, 0.6) is 5.75 Å². The quantitative estimate of drug-likeness (QED) is 0.889. The molecule has 3 heteroatoms. The van der Waals surface area contributed by atoms with Gasteiger partial charge in [-0.05, 0) is 68.4 Å². The van der Waals surface area contributed by atoms with Crippen molar-refractivity contribution < 1.29 is 4.74 Å². The van der Waals surface area contributed by atoms with Gasteiger partial charge >= 0.3 is 0 Å². The maximum atomic E-state index is 5.92. The number of hydrogen-bond donors (Lipinski definition) is 1. The molecule has 0 radical (unpaired) electrons. The average molecular weight is 310 g/mol. The molecule has 0 saturated heterocycles. The van der Waals surface area contributed by atoms with Crippen LogP contribution in [-0.2, 0) is 0 Å². The number of likely N-dealkylation sites (N-methyl/N-ethyl adjacent to an activating group) is 1. The van der Waals surface area contributed by atoms with Gasteiger partial charge in [0.1, 0.15) is 12.4 Å². The fraction of sp³-hybridized carbons (Fsp3) is 0.400. The van der Waals surface area contributed by atoms with Crippen molar-refractivity contribution in [2.45, 2.75) is 19.3 Å². The lowest BCUT2D eigenvalue weighted by Crippen LogP contribution is -2.19. The van der Waals surface area contributed by atoms with Gasteiger partial charge in [0.25, 0.3) is 0 Å². The van der Waals surface area contributed by atoms with Crippen LogP contribution in [0.25, 0.3) is 11.1 Å². The predicted octanol–water partition coefficient (Wildman–Crippen LogP) is 3.40. The summed E-state index contributed by atoms with van der Waals surface area (Å²) in [6, 6.07) is 13.2. The first-order valence-electron chi connectivity index (χ1n) is 8.32. The second-order valence-corrected chi connectivity index (χ2v) is 6.62. The number of aryl methyl sites for hydroxylation is 1. The first-order chi connectivity index (χ1) is 11.1. The molecule has 0 heterocycles. The van der Waals surface area contributed by atoms with Crippen molar-refractivity contribution in [1.29, 1.82) is 0 Å². The van der Waals surface area contributed by atoms with Crippen molar-refractivity contribution in [3.63, 3.8) is 0 Å². The summed E-state index contributed by atoms with van der Waals surface area (Å²) in [5, 5.41) is 0. The van der Waals surface area contributed by atoms with Crippen molar-refractivity contribution in [3.05, 3.63) is 53.1 Å². The van der Waals surface area contributed by atoms with Crippen LogP contribution in [0.2, 0.25) is 0 Å². The fourth-order valence-electron chi connectivity index (χ4n) is 3.37. The zero-order chi connectivity index (χ0) is 16.4. The van der Waals surface area contributed by atoms with Gasteiger partial charge in [0, 0.05) is 12.5 Å². The van der Waals surface area contributed by atoms with E-state index in [4.69, 9.17) is 10.5 Å². The normalized spacial score (nSPS) is 15.6. The monoisotopic (exact) mass is 310 g/mol. The maximum absolute atomic E-state index is 5.92. The second-order valence-electron chi connectivity index (χ2n) is 6.62. The summed E-state index contributed by atoms with van der Waals surface area (Å²) in [5.74, 6) is 1.35. The summed E-state index contributed by atoms with van der Waals surface area (Å²) in [5.41, 5.74) is 12.6. The Kier molecular flexibility index (Phi) is 4.69. The second kappa shape index (κ2) is 6.73. The van der Waals surface area contributed by atoms with E-state index in [1.54, 1.807) is 0 Å². The Labute approximate surface area is 139 Å². The van der Waals surface area contributed by atoms with E-state index in [-0.39, 0.29) is 0 Å². The summed E-state index contributed by atoms with van der Waals surface area (Å²) < 4.78 is 5.92. The summed E-state index contributed by atoms with van der Waals surface area (Å²) in [6.07, 6.45) is 0.977. The molecule has 1 aliphatic rings. The van der Waals surface area contributed by atoms with E-state index < -0.39 is 0 Å². The molecule has 122 valence electrons. The first-order valence-corrected chi connectivity index (χ1v) is 8.32. The van der Waals surface area contributed by atoms with E-state index in [0.29, 0.717) is 19.1 Å². The zero-order valence-corrected chi connectivity index (χ0v) is 14.3. The third kappa shape index (κ3) is 3.26. The summed E-state index contributed by atoms with van der Waals surface area (Å²) >= 11 is 0. The Morgan fingerprint density at radius 2 is 1.74 bits per heavy atom. The zero-order valence-electron chi connectivity index (χ0n) is 14.3. The first kappa shape index (κ1) is 16.0. The molecule has 3 nitrogen and oxygen atoms in total. The number of benzene rings is 2. The molecule has 0 bridgehead atoms. The van der Waals surface area contributed by atoms with Crippen LogP contribution in [-0.4, -0.2) is 38.7 Å². The molecule has 2 aromatic carbocycles. The van der Waals surface area contributed by atoms with Gasteiger partial charge < -0.3 is 15.4 Å². The third-order valence-corrected chi connectivity index (χ3v) is 4.53. The topological polar surface area (TPSA) is 38.5 Å². The van der Waals surface area contributed by atoms with Gasteiger partial charge in [0.15, 0.2) is 0 Å². The highest BCUT2D eigenvalue weighted by Crippen LogP contribution is 2.47. The molecule has 0 fully saturated rings. The minimum absolute atomic E-state index is 0.391. The molecule has 0 aliphatic heterocycles. The fourth-order valence-corrected chi connectivity index (χ4v) is 3.37. The van der Waals surface area contributed by atoms with E-state index in [0.717, 1.165) is 18.7 Å². The highest BCUT2D eigenvalue weighted by atomic mass is 16.5. The average Bonchev–Trinajstić information content (AvgIpc) is 2.80. The molecule has 3 rings (SSSR count). The molecule has 1 aliphatic carbocycles. The van der Waals surface area contributed by atoms with Gasteiger partial charge in [0.05, 0.1) is 0 Å². The van der Waals surface area contributed by atoms with E-state index in [1.165, 1.54) is 27.8 Å². The number of ether oxygens (including phenoxy) is 1. The van der Waals surface area contributed by atoms with Crippen LogP contribution in [0.15, 0.2) is 36.4 Å². The molecule has 2 aromatic rings. The van der Waals surface area contributed by atoms with Crippen molar-refractivity contribution in [2.24, 2.45) is 5.73 Å². The van der Waals surface area contributed by atoms with E-state index >= 15 is 0 Å². The number of nitrogens with two attached hydrogens (primary N) is 1. The number of hydrogen-bond acceptors (Lipinski definition) is 3. The van der Waals surface area contributed by atoms with E-state index in [9.17, 15) is 0 Å². The number of nitrogens with zero attached hydrogens (tertiary/aromatic N) is 1. The Morgan fingerprint density at radius 1 is 1.04 bits per heavy atom. The van der Waals surface area contributed by atoms with Crippen LogP contribution in [0.4, 0.5) is 0 Å². The van der Waals surface area contributed by atoms with Crippen molar-refractivity contribution >= 4 is 0 Å². The molecule has 1 unspecified atom stereocenters. The van der Waals surface area contributed by atoms with Crippen LogP contribution < -0.4 is 10.5 Å². The Morgan fingerprint density at radius 3 is 2.43 bits per heavy atom. The SMILES string of the molecule is Cc1ccc2c(c1)C(CCN)c1cc(OCCN(C)C)ccc1-2. The number of rotatable bonds is 6. The van der Waals surface area contributed by atoms with Gasteiger partial charge in [-0.3, -0.25) is 0 Å². The highest BCUT2D eigenvalue weighted by Gasteiger charge is 2.28. The van der Waals surface area contributed by atoms with Gasteiger partial charge in [0.2, 0.25) is 0 Å². The summed E-state index contributed by atoms with van der Waals surface area (Å²) in [6.45, 7) is 4.48. The van der Waals surface area contributed by atoms with E-state index in [1.807, 2.05) is 0 Å². The van der Waals surface area contributed by atoms with Gasteiger partial charge in [-0.2, -0.15) is 0 Å². The molecule has 0 aromatic heterocycles. The van der Waals surface area contributed by atoms with Crippen LogP contribution in [0.1, 0.15) is 29.0 Å². The Balaban J connectivity index is 1.91. The molecule has 0 amide bonds. The van der Waals surface area contributed by atoms with Crippen LogP contribution in [0, 0.1) is 6.92 Å².